The Labute approximate surface area is 186 Å². The number of aliphatic hydroxyl groups is 1. The van der Waals surface area contributed by atoms with Crippen LogP contribution in [0.5, 0.6) is 11.5 Å². The highest BCUT2D eigenvalue weighted by Crippen LogP contribution is 2.47. The minimum absolute atomic E-state index is 0.0964. The molecule has 0 spiro atoms. The molecule has 164 valence electrons. The SMILES string of the molecule is C#C[C@H](O)[C@]1(C)CN(Cc2ccccc2)C[C@H]1c1ccc(OC)c(OC2CCCC2)c1. The van der Waals surface area contributed by atoms with Crippen LogP contribution in [0.25, 0.3) is 0 Å². The molecule has 1 saturated heterocycles. The Morgan fingerprint density at radius 3 is 2.58 bits per heavy atom. The number of aliphatic hydroxyl groups excluding tert-OH is 1. The van der Waals surface area contributed by atoms with Crippen LogP contribution in [0.2, 0.25) is 0 Å². The van der Waals surface area contributed by atoms with Crippen LogP contribution in [-0.2, 0) is 6.54 Å². The predicted octanol–water partition coefficient (Wildman–Crippen LogP) is 4.62. The third-order valence-corrected chi connectivity index (χ3v) is 7.02. The lowest BCUT2D eigenvalue weighted by Crippen LogP contribution is -2.38. The van der Waals surface area contributed by atoms with Crippen molar-refractivity contribution in [3.05, 3.63) is 59.7 Å². The summed E-state index contributed by atoms with van der Waals surface area (Å²) >= 11 is 0. The fraction of sp³-hybridized carbons (Fsp3) is 0.481. The molecule has 0 amide bonds. The quantitative estimate of drug-likeness (QED) is 0.665. The zero-order valence-electron chi connectivity index (χ0n) is 18.6. The van der Waals surface area contributed by atoms with Gasteiger partial charge in [-0.2, -0.15) is 0 Å². The van der Waals surface area contributed by atoms with Crippen LogP contribution in [0.3, 0.4) is 0 Å². The number of likely N-dealkylation sites (tertiary alicyclic amines) is 1. The monoisotopic (exact) mass is 419 g/mol. The Balaban J connectivity index is 1.62. The van der Waals surface area contributed by atoms with Crippen molar-refractivity contribution in [1.29, 1.82) is 0 Å². The van der Waals surface area contributed by atoms with Crippen LogP contribution >= 0.6 is 0 Å². The second-order valence-electron chi connectivity index (χ2n) is 9.22. The first-order valence-corrected chi connectivity index (χ1v) is 11.3. The van der Waals surface area contributed by atoms with Crippen molar-refractivity contribution >= 4 is 0 Å². The summed E-state index contributed by atoms with van der Waals surface area (Å²) in [5.74, 6) is 4.25. The van der Waals surface area contributed by atoms with E-state index in [1.165, 1.54) is 18.4 Å². The molecular weight excluding hydrogens is 386 g/mol. The molecule has 0 radical (unpaired) electrons. The Morgan fingerprint density at radius 2 is 1.90 bits per heavy atom. The van der Waals surface area contributed by atoms with Gasteiger partial charge in [-0.1, -0.05) is 49.2 Å². The molecule has 1 aliphatic carbocycles. The summed E-state index contributed by atoms with van der Waals surface area (Å²) < 4.78 is 11.9. The van der Waals surface area contributed by atoms with E-state index in [4.69, 9.17) is 15.9 Å². The van der Waals surface area contributed by atoms with Gasteiger partial charge >= 0.3 is 0 Å². The third kappa shape index (κ3) is 4.59. The van der Waals surface area contributed by atoms with Crippen molar-refractivity contribution < 1.29 is 14.6 Å². The number of nitrogens with zero attached hydrogens (tertiary/aromatic N) is 1. The maximum atomic E-state index is 10.8. The highest BCUT2D eigenvalue weighted by atomic mass is 16.5. The molecule has 2 aromatic carbocycles. The number of benzene rings is 2. The van der Waals surface area contributed by atoms with E-state index in [1.807, 2.05) is 12.1 Å². The minimum Gasteiger partial charge on any atom is -0.493 e. The van der Waals surface area contributed by atoms with Crippen LogP contribution in [-0.4, -0.2) is 42.4 Å². The maximum Gasteiger partial charge on any atom is 0.161 e. The number of hydrogen-bond acceptors (Lipinski definition) is 4. The number of rotatable bonds is 7. The molecule has 2 fully saturated rings. The van der Waals surface area contributed by atoms with E-state index in [0.29, 0.717) is 0 Å². The van der Waals surface area contributed by atoms with Gasteiger partial charge in [0.2, 0.25) is 0 Å². The van der Waals surface area contributed by atoms with Crippen LogP contribution in [0, 0.1) is 17.8 Å². The van der Waals surface area contributed by atoms with Gasteiger partial charge in [0.05, 0.1) is 13.2 Å². The molecule has 4 rings (SSSR count). The number of methoxy groups -OCH3 is 1. The molecule has 1 heterocycles. The summed E-state index contributed by atoms with van der Waals surface area (Å²) in [6, 6.07) is 16.6. The van der Waals surface area contributed by atoms with Gasteiger partial charge < -0.3 is 14.6 Å². The Morgan fingerprint density at radius 1 is 1.16 bits per heavy atom. The first kappa shape index (κ1) is 21.7. The molecule has 2 aromatic rings. The molecule has 1 aliphatic heterocycles. The molecule has 31 heavy (non-hydrogen) atoms. The first-order valence-electron chi connectivity index (χ1n) is 11.3. The summed E-state index contributed by atoms with van der Waals surface area (Å²) in [6.45, 7) is 4.52. The van der Waals surface area contributed by atoms with Crippen molar-refractivity contribution in [3.8, 4) is 23.8 Å². The van der Waals surface area contributed by atoms with Gasteiger partial charge in [0, 0.05) is 31.0 Å². The summed E-state index contributed by atoms with van der Waals surface area (Å²) in [4.78, 5) is 2.39. The summed E-state index contributed by atoms with van der Waals surface area (Å²) in [5, 5.41) is 10.8. The molecule has 4 heteroatoms. The average molecular weight is 420 g/mol. The van der Waals surface area contributed by atoms with Crippen LogP contribution < -0.4 is 9.47 Å². The number of ether oxygens (including phenoxy) is 2. The first-order chi connectivity index (χ1) is 15.0. The summed E-state index contributed by atoms with van der Waals surface area (Å²) in [5.41, 5.74) is 1.96. The lowest BCUT2D eigenvalue weighted by molar-refractivity contribution is 0.0773. The zero-order valence-corrected chi connectivity index (χ0v) is 18.6. The normalized spacial score (nSPS) is 25.3. The van der Waals surface area contributed by atoms with Crippen LogP contribution in [0.1, 0.15) is 49.7 Å². The van der Waals surface area contributed by atoms with Crippen molar-refractivity contribution in [1.82, 2.24) is 4.90 Å². The van der Waals surface area contributed by atoms with Gasteiger partial charge in [-0.15, -0.1) is 6.42 Å². The number of hydrogen-bond donors (Lipinski definition) is 1. The highest BCUT2D eigenvalue weighted by molar-refractivity contribution is 5.45. The highest BCUT2D eigenvalue weighted by Gasteiger charge is 2.48. The second kappa shape index (κ2) is 9.34. The predicted molar refractivity (Wildman–Crippen MR) is 123 cm³/mol. The summed E-state index contributed by atoms with van der Waals surface area (Å²) in [6.07, 6.45) is 9.75. The Kier molecular flexibility index (Phi) is 6.55. The lowest BCUT2D eigenvalue weighted by Gasteiger charge is -2.33. The summed E-state index contributed by atoms with van der Waals surface area (Å²) in [7, 11) is 1.68. The second-order valence-corrected chi connectivity index (χ2v) is 9.22. The van der Waals surface area contributed by atoms with Crippen LogP contribution in [0.15, 0.2) is 48.5 Å². The molecule has 0 aromatic heterocycles. The van der Waals surface area contributed by atoms with Crippen molar-refractivity contribution in [3.63, 3.8) is 0 Å². The maximum absolute atomic E-state index is 10.8. The molecule has 1 N–H and O–H groups in total. The average Bonchev–Trinajstić information content (AvgIpc) is 3.42. The Bertz CT molecular complexity index is 916. The molecule has 0 unspecified atom stereocenters. The fourth-order valence-corrected chi connectivity index (χ4v) is 5.23. The standard InChI is InChI=1S/C27H33NO3/c1-4-26(29)27(2)19-28(17-20-10-6-5-7-11-20)18-23(27)21-14-15-24(30-3)25(16-21)31-22-12-8-9-13-22/h1,5-7,10-11,14-16,22-23,26,29H,8-9,12-13,17-19H2,2-3H3/t23-,26-,27+/m0/s1. The molecule has 0 bridgehead atoms. The Hall–Kier alpha value is -2.48. The van der Waals surface area contributed by atoms with E-state index in [2.05, 4.69) is 54.1 Å². The van der Waals surface area contributed by atoms with E-state index >= 15 is 0 Å². The van der Waals surface area contributed by atoms with Gasteiger partial charge in [-0.25, -0.2) is 0 Å². The van der Waals surface area contributed by atoms with E-state index in [1.54, 1.807) is 7.11 Å². The minimum atomic E-state index is -0.820. The van der Waals surface area contributed by atoms with Crippen molar-refractivity contribution in [2.45, 2.75) is 57.3 Å². The van der Waals surface area contributed by atoms with Gasteiger partial charge in [0.25, 0.3) is 0 Å². The molecule has 1 saturated carbocycles. The van der Waals surface area contributed by atoms with Gasteiger partial charge in [0.1, 0.15) is 6.10 Å². The van der Waals surface area contributed by atoms with E-state index < -0.39 is 11.5 Å². The molecule has 4 nitrogen and oxygen atoms in total. The van der Waals surface area contributed by atoms with Gasteiger partial charge in [-0.05, 0) is 48.9 Å². The molecular formula is C27H33NO3. The molecule has 3 atom stereocenters. The molecule has 2 aliphatic rings. The zero-order chi connectivity index (χ0) is 21.8. The lowest BCUT2D eigenvalue weighted by atomic mass is 9.72. The van der Waals surface area contributed by atoms with Crippen molar-refractivity contribution in [2.24, 2.45) is 5.41 Å². The van der Waals surface area contributed by atoms with E-state index in [0.717, 1.165) is 49.5 Å². The van der Waals surface area contributed by atoms with E-state index in [-0.39, 0.29) is 12.0 Å². The van der Waals surface area contributed by atoms with Crippen molar-refractivity contribution in [2.75, 3.05) is 20.2 Å². The van der Waals surface area contributed by atoms with Gasteiger partial charge in [0.15, 0.2) is 11.5 Å². The van der Waals surface area contributed by atoms with E-state index in [9.17, 15) is 5.11 Å². The third-order valence-electron chi connectivity index (χ3n) is 7.02. The fourth-order valence-electron chi connectivity index (χ4n) is 5.23. The topological polar surface area (TPSA) is 41.9 Å². The van der Waals surface area contributed by atoms with Crippen LogP contribution in [0.4, 0.5) is 0 Å². The largest absolute Gasteiger partial charge is 0.493 e. The number of terminal acetylenes is 1. The van der Waals surface area contributed by atoms with Gasteiger partial charge in [-0.3, -0.25) is 4.90 Å². The smallest absolute Gasteiger partial charge is 0.161 e.